The maximum atomic E-state index is 11.5. The van der Waals surface area contributed by atoms with E-state index in [1.807, 2.05) is 25.1 Å². The van der Waals surface area contributed by atoms with E-state index >= 15 is 0 Å². The predicted molar refractivity (Wildman–Crippen MR) is 66.5 cm³/mol. The molecule has 0 amide bonds. The molecule has 0 bridgehead atoms. The van der Waals surface area contributed by atoms with Crippen molar-refractivity contribution < 1.29 is 9.53 Å². The Morgan fingerprint density at radius 1 is 1.35 bits per heavy atom. The lowest BCUT2D eigenvalue weighted by Crippen LogP contribution is -2.12. The van der Waals surface area contributed by atoms with Crippen LogP contribution >= 0.6 is 0 Å². The molecule has 1 heterocycles. The molecule has 1 aliphatic rings. The van der Waals surface area contributed by atoms with Gasteiger partial charge >= 0.3 is 0 Å². The second-order valence-corrected chi connectivity index (χ2v) is 4.44. The first-order valence-corrected chi connectivity index (χ1v) is 6.06. The lowest BCUT2D eigenvalue weighted by atomic mass is 9.94. The van der Waals surface area contributed by atoms with Gasteiger partial charge in [0.25, 0.3) is 0 Å². The summed E-state index contributed by atoms with van der Waals surface area (Å²) in [5.74, 6) is 1.21. The van der Waals surface area contributed by atoms with Gasteiger partial charge in [0.2, 0.25) is 0 Å². The Balaban J connectivity index is 2.14. The number of H-pyrrole nitrogens is 1. The van der Waals surface area contributed by atoms with Crippen molar-refractivity contribution in [3.05, 3.63) is 29.5 Å². The van der Waals surface area contributed by atoms with E-state index in [1.165, 1.54) is 5.69 Å². The maximum absolute atomic E-state index is 11.5. The fourth-order valence-corrected chi connectivity index (χ4v) is 2.50. The number of carbonyl (C=O) groups is 1. The lowest BCUT2D eigenvalue weighted by Gasteiger charge is -2.10. The smallest absolute Gasteiger partial charge is 0.137 e. The number of rotatable bonds is 2. The lowest BCUT2D eigenvalue weighted by molar-refractivity contribution is -0.118. The normalized spacial score (nSPS) is 15.0. The average Bonchev–Trinajstić information content (AvgIpc) is 2.67. The van der Waals surface area contributed by atoms with Crippen LogP contribution in [0.25, 0.3) is 10.9 Å². The molecule has 3 nitrogen and oxygen atoms in total. The minimum atomic E-state index is 0.334. The average molecular weight is 229 g/mol. The Morgan fingerprint density at radius 2 is 2.24 bits per heavy atom. The molecule has 2 aromatic rings. The van der Waals surface area contributed by atoms with Crippen LogP contribution in [0.3, 0.4) is 0 Å². The molecule has 0 atom stereocenters. The van der Waals surface area contributed by atoms with E-state index in [2.05, 4.69) is 4.98 Å². The molecular weight excluding hydrogens is 214 g/mol. The number of aromatic amines is 1. The van der Waals surface area contributed by atoms with Crippen LogP contribution in [-0.2, 0) is 17.6 Å². The molecule has 1 aliphatic carbocycles. The van der Waals surface area contributed by atoms with Crippen LogP contribution in [0.2, 0.25) is 0 Å². The number of hydrogen-bond donors (Lipinski definition) is 1. The molecule has 17 heavy (non-hydrogen) atoms. The number of fused-ring (bicyclic) bond motifs is 3. The van der Waals surface area contributed by atoms with Crippen molar-refractivity contribution >= 4 is 16.7 Å². The molecule has 0 aliphatic heterocycles. The van der Waals surface area contributed by atoms with Gasteiger partial charge < -0.3 is 9.72 Å². The molecule has 0 saturated carbocycles. The second-order valence-electron chi connectivity index (χ2n) is 4.44. The van der Waals surface area contributed by atoms with Crippen LogP contribution in [0.4, 0.5) is 0 Å². The maximum Gasteiger partial charge on any atom is 0.137 e. The molecule has 3 heteroatoms. The van der Waals surface area contributed by atoms with E-state index in [1.54, 1.807) is 0 Å². The Labute approximate surface area is 99.8 Å². The van der Waals surface area contributed by atoms with Gasteiger partial charge in [0.05, 0.1) is 6.61 Å². The Kier molecular flexibility index (Phi) is 2.39. The van der Waals surface area contributed by atoms with Gasteiger partial charge in [-0.2, -0.15) is 0 Å². The van der Waals surface area contributed by atoms with Crippen molar-refractivity contribution in [2.75, 3.05) is 6.61 Å². The van der Waals surface area contributed by atoms with Gasteiger partial charge in [-0.3, -0.25) is 4.79 Å². The first-order valence-electron chi connectivity index (χ1n) is 6.06. The van der Waals surface area contributed by atoms with Gasteiger partial charge in [0, 0.05) is 29.4 Å². The number of benzene rings is 1. The van der Waals surface area contributed by atoms with Crippen LogP contribution in [-0.4, -0.2) is 17.4 Å². The summed E-state index contributed by atoms with van der Waals surface area (Å²) in [6, 6.07) is 6.03. The summed E-state index contributed by atoms with van der Waals surface area (Å²) >= 11 is 0. The van der Waals surface area contributed by atoms with Crippen LogP contribution < -0.4 is 4.74 Å². The van der Waals surface area contributed by atoms with Crippen LogP contribution in [0.15, 0.2) is 18.2 Å². The highest BCUT2D eigenvalue weighted by atomic mass is 16.5. The third-order valence-corrected chi connectivity index (χ3v) is 3.30. The molecule has 1 N–H and O–H groups in total. The van der Waals surface area contributed by atoms with Crippen LogP contribution in [0.5, 0.6) is 5.75 Å². The molecule has 0 fully saturated rings. The van der Waals surface area contributed by atoms with Gasteiger partial charge in [-0.1, -0.05) is 0 Å². The predicted octanol–water partition coefficient (Wildman–Crippen LogP) is 2.62. The van der Waals surface area contributed by atoms with Crippen molar-refractivity contribution in [2.24, 2.45) is 0 Å². The molecule has 0 spiro atoms. The van der Waals surface area contributed by atoms with Gasteiger partial charge in [0.1, 0.15) is 11.5 Å². The first-order chi connectivity index (χ1) is 8.28. The van der Waals surface area contributed by atoms with Crippen LogP contribution in [0.1, 0.15) is 24.6 Å². The molecule has 88 valence electrons. The van der Waals surface area contributed by atoms with E-state index < -0.39 is 0 Å². The highest BCUT2D eigenvalue weighted by Crippen LogP contribution is 2.30. The van der Waals surface area contributed by atoms with E-state index in [0.717, 1.165) is 28.6 Å². The summed E-state index contributed by atoms with van der Waals surface area (Å²) in [5.41, 5.74) is 3.49. The van der Waals surface area contributed by atoms with Crippen LogP contribution in [0, 0.1) is 0 Å². The summed E-state index contributed by atoms with van der Waals surface area (Å²) in [4.78, 5) is 14.9. The zero-order valence-electron chi connectivity index (χ0n) is 9.88. The number of Topliss-reactive ketones (excluding diaryl/α,β-unsaturated/α-hetero) is 1. The van der Waals surface area contributed by atoms with Crippen molar-refractivity contribution in [3.8, 4) is 5.75 Å². The van der Waals surface area contributed by atoms with E-state index in [-0.39, 0.29) is 0 Å². The Bertz CT molecular complexity index is 583. The monoisotopic (exact) mass is 229 g/mol. The number of ether oxygens (including phenoxy) is 1. The van der Waals surface area contributed by atoms with Crippen molar-refractivity contribution in [1.29, 1.82) is 0 Å². The van der Waals surface area contributed by atoms with Gasteiger partial charge in [-0.05, 0) is 37.1 Å². The number of ketones is 1. The van der Waals surface area contributed by atoms with Gasteiger partial charge in [0.15, 0.2) is 0 Å². The Morgan fingerprint density at radius 3 is 3.06 bits per heavy atom. The number of aryl methyl sites for hydroxylation is 1. The third-order valence-electron chi connectivity index (χ3n) is 3.30. The molecule has 0 saturated heterocycles. The minimum Gasteiger partial charge on any atom is -0.494 e. The van der Waals surface area contributed by atoms with Gasteiger partial charge in [-0.25, -0.2) is 0 Å². The highest BCUT2D eigenvalue weighted by molar-refractivity contribution is 5.93. The number of nitrogens with one attached hydrogen (secondary N) is 1. The minimum absolute atomic E-state index is 0.334. The van der Waals surface area contributed by atoms with E-state index in [0.29, 0.717) is 25.2 Å². The largest absolute Gasteiger partial charge is 0.494 e. The molecule has 1 aromatic heterocycles. The first kappa shape index (κ1) is 10.4. The molecule has 0 radical (unpaired) electrons. The fraction of sp³-hybridized carbons (Fsp3) is 0.357. The number of carbonyl (C=O) groups excluding carboxylic acids is 1. The number of aromatic nitrogens is 1. The second kappa shape index (κ2) is 3.91. The summed E-state index contributed by atoms with van der Waals surface area (Å²) in [7, 11) is 0. The molecule has 1 aromatic carbocycles. The van der Waals surface area contributed by atoms with Crippen molar-refractivity contribution in [1.82, 2.24) is 4.98 Å². The molecular formula is C14H15NO2. The zero-order valence-corrected chi connectivity index (χ0v) is 9.88. The molecule has 3 rings (SSSR count). The van der Waals surface area contributed by atoms with Crippen molar-refractivity contribution in [3.63, 3.8) is 0 Å². The summed E-state index contributed by atoms with van der Waals surface area (Å²) in [5, 5.41) is 1.14. The van der Waals surface area contributed by atoms with Crippen molar-refractivity contribution in [2.45, 2.75) is 26.2 Å². The summed E-state index contributed by atoms with van der Waals surface area (Å²) in [6.45, 7) is 2.64. The SMILES string of the molecule is CCOc1ccc2[nH]c3c(c2c1)CC(=O)CC3. The number of hydrogen-bond acceptors (Lipinski definition) is 2. The van der Waals surface area contributed by atoms with E-state index in [4.69, 9.17) is 4.74 Å². The summed E-state index contributed by atoms with van der Waals surface area (Å²) in [6.07, 6.45) is 2.07. The standard InChI is InChI=1S/C14H15NO2/c1-2-17-10-4-6-14-12(8-10)11-7-9(16)3-5-13(11)15-14/h4,6,8,15H,2-3,5,7H2,1H3. The quantitative estimate of drug-likeness (QED) is 0.860. The third kappa shape index (κ3) is 1.71. The van der Waals surface area contributed by atoms with Gasteiger partial charge in [-0.15, -0.1) is 0 Å². The molecule has 0 unspecified atom stereocenters. The highest BCUT2D eigenvalue weighted by Gasteiger charge is 2.20. The fourth-order valence-electron chi connectivity index (χ4n) is 2.50. The topological polar surface area (TPSA) is 42.1 Å². The zero-order chi connectivity index (χ0) is 11.8. The van der Waals surface area contributed by atoms with E-state index in [9.17, 15) is 4.79 Å². The summed E-state index contributed by atoms with van der Waals surface area (Å²) < 4.78 is 5.50. The Hall–Kier alpha value is -1.77.